The zero-order chi connectivity index (χ0) is 20.6. The first-order valence-corrected chi connectivity index (χ1v) is 9.93. The van der Waals surface area contributed by atoms with E-state index in [4.69, 9.17) is 17.0 Å². The molecule has 0 saturated carbocycles. The fraction of sp³-hybridized carbons (Fsp3) is 0.381. The fourth-order valence-corrected chi connectivity index (χ4v) is 3.80. The summed E-state index contributed by atoms with van der Waals surface area (Å²) in [6.45, 7) is 2.40. The van der Waals surface area contributed by atoms with Crippen LogP contribution in [0.1, 0.15) is 18.5 Å². The van der Waals surface area contributed by atoms with Crippen LogP contribution in [0.3, 0.4) is 0 Å². The van der Waals surface area contributed by atoms with Gasteiger partial charge in [0.15, 0.2) is 5.11 Å². The highest BCUT2D eigenvalue weighted by Crippen LogP contribution is 2.25. The summed E-state index contributed by atoms with van der Waals surface area (Å²) in [5.74, 6) is 0.106. The Labute approximate surface area is 175 Å². The van der Waals surface area contributed by atoms with Crippen molar-refractivity contribution in [1.82, 2.24) is 10.2 Å². The minimum absolute atomic E-state index is 0.0388. The molecule has 0 amide bonds. The Balaban J connectivity index is 1.64. The molecule has 1 aliphatic rings. The molecule has 0 bridgehead atoms. The highest BCUT2D eigenvalue weighted by atomic mass is 32.1. The molecule has 1 fully saturated rings. The second-order valence-electron chi connectivity index (χ2n) is 6.79. The van der Waals surface area contributed by atoms with Gasteiger partial charge in [-0.3, -0.25) is 4.90 Å². The first-order chi connectivity index (χ1) is 14.0. The second kappa shape index (κ2) is 10.5. The maximum absolute atomic E-state index is 12.3. The summed E-state index contributed by atoms with van der Waals surface area (Å²) in [7, 11) is 0. The van der Waals surface area contributed by atoms with Gasteiger partial charge in [-0.05, 0) is 49.0 Å². The Bertz CT molecular complexity index is 771. The van der Waals surface area contributed by atoms with Crippen molar-refractivity contribution in [1.29, 1.82) is 0 Å². The zero-order valence-electron chi connectivity index (χ0n) is 16.2. The zero-order valence-corrected chi connectivity index (χ0v) is 17.0. The molecule has 1 aliphatic heterocycles. The number of hydrogen-bond donors (Lipinski definition) is 2. The third kappa shape index (κ3) is 6.35. The number of anilines is 1. The van der Waals surface area contributed by atoms with Crippen LogP contribution in [0.25, 0.3) is 0 Å². The van der Waals surface area contributed by atoms with Gasteiger partial charge in [-0.1, -0.05) is 30.3 Å². The molecule has 1 heterocycles. The summed E-state index contributed by atoms with van der Waals surface area (Å²) in [6, 6.07) is 16.7. The van der Waals surface area contributed by atoms with E-state index < -0.39 is 6.61 Å². The average molecular weight is 422 g/mol. The number of alkyl halides is 2. The smallest absolute Gasteiger partial charge is 0.387 e. The molecule has 5 nitrogen and oxygen atoms in total. The van der Waals surface area contributed by atoms with Crippen molar-refractivity contribution < 1.29 is 18.3 Å². The molecule has 0 unspecified atom stereocenters. The van der Waals surface area contributed by atoms with Gasteiger partial charge in [0.2, 0.25) is 0 Å². The Morgan fingerprint density at radius 2 is 1.72 bits per heavy atom. The number of benzene rings is 2. The molecular formula is C21H25F2N3O2S. The topological polar surface area (TPSA) is 45.8 Å². The van der Waals surface area contributed by atoms with Crippen molar-refractivity contribution >= 4 is 23.0 Å². The Hall–Kier alpha value is -2.29. The molecule has 8 heteroatoms. The van der Waals surface area contributed by atoms with E-state index in [1.807, 2.05) is 18.2 Å². The van der Waals surface area contributed by atoms with Crippen LogP contribution in [0.2, 0.25) is 0 Å². The maximum atomic E-state index is 12.3. The van der Waals surface area contributed by atoms with Crippen LogP contribution in [0.5, 0.6) is 5.75 Å². The van der Waals surface area contributed by atoms with E-state index in [0.29, 0.717) is 24.0 Å². The predicted molar refractivity (Wildman–Crippen MR) is 113 cm³/mol. The lowest BCUT2D eigenvalue weighted by molar-refractivity contribution is -0.0498. The predicted octanol–water partition coefficient (Wildman–Crippen LogP) is 4.04. The maximum Gasteiger partial charge on any atom is 0.387 e. The van der Waals surface area contributed by atoms with Crippen molar-refractivity contribution in [2.24, 2.45) is 0 Å². The van der Waals surface area contributed by atoms with E-state index in [9.17, 15) is 8.78 Å². The van der Waals surface area contributed by atoms with Gasteiger partial charge in [0.1, 0.15) is 5.75 Å². The minimum atomic E-state index is -2.84. The number of ether oxygens (including phenoxy) is 2. The highest BCUT2D eigenvalue weighted by molar-refractivity contribution is 7.80. The lowest BCUT2D eigenvalue weighted by atomic mass is 9.98. The number of nitrogens with zero attached hydrogens (tertiary/aromatic N) is 1. The minimum Gasteiger partial charge on any atom is -0.435 e. The standard InChI is InChI=1S/C21H25F2N3O2S/c1-15(19(16-5-3-2-4-6-16)26-11-13-27-14-12-26)24-21(29)25-17-7-9-18(10-8-17)28-20(22)23/h2-10,15,19-20H,11-14H2,1H3,(H2,24,25,29)/t15-,19-/m0/s1. The highest BCUT2D eigenvalue weighted by Gasteiger charge is 2.28. The number of morpholine rings is 1. The van der Waals surface area contributed by atoms with Gasteiger partial charge in [-0.15, -0.1) is 0 Å². The number of nitrogens with one attached hydrogen (secondary N) is 2. The molecule has 2 N–H and O–H groups in total. The fourth-order valence-electron chi connectivity index (χ4n) is 3.49. The quantitative estimate of drug-likeness (QED) is 0.658. The van der Waals surface area contributed by atoms with E-state index in [1.54, 1.807) is 12.1 Å². The van der Waals surface area contributed by atoms with E-state index in [2.05, 4.69) is 39.3 Å². The van der Waals surface area contributed by atoms with Gasteiger partial charge in [-0.25, -0.2) is 0 Å². The number of thiocarbonyl (C=S) groups is 1. The summed E-state index contributed by atoms with van der Waals surface area (Å²) in [4.78, 5) is 2.40. The van der Waals surface area contributed by atoms with E-state index in [0.717, 1.165) is 13.1 Å². The number of halogens is 2. The molecule has 2 aromatic rings. The Morgan fingerprint density at radius 1 is 1.07 bits per heavy atom. The number of rotatable bonds is 7. The van der Waals surface area contributed by atoms with E-state index >= 15 is 0 Å². The molecule has 0 aliphatic carbocycles. The van der Waals surface area contributed by atoms with Crippen LogP contribution in [0, 0.1) is 0 Å². The average Bonchev–Trinajstić information content (AvgIpc) is 2.71. The number of hydrogen-bond acceptors (Lipinski definition) is 4. The van der Waals surface area contributed by atoms with Crippen molar-refractivity contribution in [2.75, 3.05) is 31.6 Å². The van der Waals surface area contributed by atoms with Gasteiger partial charge in [0.05, 0.1) is 19.3 Å². The molecular weight excluding hydrogens is 396 g/mol. The van der Waals surface area contributed by atoms with Crippen molar-refractivity contribution in [3.63, 3.8) is 0 Å². The molecule has 1 saturated heterocycles. The summed E-state index contributed by atoms with van der Waals surface area (Å²) >= 11 is 5.47. The third-order valence-electron chi connectivity index (χ3n) is 4.75. The largest absolute Gasteiger partial charge is 0.435 e. The van der Waals surface area contributed by atoms with Gasteiger partial charge in [0, 0.05) is 24.8 Å². The first-order valence-electron chi connectivity index (χ1n) is 9.52. The monoisotopic (exact) mass is 421 g/mol. The van der Waals surface area contributed by atoms with E-state index in [1.165, 1.54) is 17.7 Å². The third-order valence-corrected chi connectivity index (χ3v) is 4.97. The molecule has 2 atom stereocenters. The van der Waals surface area contributed by atoms with Crippen LogP contribution in [-0.4, -0.2) is 49.0 Å². The second-order valence-corrected chi connectivity index (χ2v) is 7.20. The summed E-state index contributed by atoms with van der Waals surface area (Å²) in [5, 5.41) is 6.92. The van der Waals surface area contributed by atoms with Crippen molar-refractivity contribution in [3.05, 3.63) is 60.2 Å². The molecule has 0 spiro atoms. The first kappa shape index (κ1) is 21.4. The molecule has 0 aromatic heterocycles. The van der Waals surface area contributed by atoms with Gasteiger partial charge in [-0.2, -0.15) is 8.78 Å². The molecule has 2 aromatic carbocycles. The van der Waals surface area contributed by atoms with Gasteiger partial charge < -0.3 is 20.1 Å². The summed E-state index contributed by atoms with van der Waals surface area (Å²) in [5.41, 5.74) is 1.91. The van der Waals surface area contributed by atoms with Crippen LogP contribution in [0.15, 0.2) is 54.6 Å². The lowest BCUT2D eigenvalue weighted by Crippen LogP contribution is -2.49. The Kier molecular flexibility index (Phi) is 7.74. The van der Waals surface area contributed by atoms with Crippen LogP contribution >= 0.6 is 12.2 Å². The molecule has 3 rings (SSSR count). The summed E-state index contributed by atoms with van der Waals surface area (Å²) < 4.78 is 34.4. The SMILES string of the molecule is C[C@H](NC(=S)Nc1ccc(OC(F)F)cc1)[C@@H](c1ccccc1)N1CCOCC1. The molecule has 156 valence electrons. The summed E-state index contributed by atoms with van der Waals surface area (Å²) in [6.07, 6.45) is 0. The van der Waals surface area contributed by atoms with Gasteiger partial charge in [0.25, 0.3) is 0 Å². The normalized spacial score (nSPS) is 16.8. The van der Waals surface area contributed by atoms with Crippen LogP contribution in [0.4, 0.5) is 14.5 Å². The molecule has 0 radical (unpaired) electrons. The molecule has 29 heavy (non-hydrogen) atoms. The van der Waals surface area contributed by atoms with Crippen LogP contribution in [-0.2, 0) is 4.74 Å². The van der Waals surface area contributed by atoms with E-state index in [-0.39, 0.29) is 17.8 Å². The van der Waals surface area contributed by atoms with Crippen molar-refractivity contribution in [3.8, 4) is 5.75 Å². The van der Waals surface area contributed by atoms with Crippen molar-refractivity contribution in [2.45, 2.75) is 25.6 Å². The van der Waals surface area contributed by atoms with Crippen LogP contribution < -0.4 is 15.4 Å². The lowest BCUT2D eigenvalue weighted by Gasteiger charge is -2.38. The van der Waals surface area contributed by atoms with Gasteiger partial charge >= 0.3 is 6.61 Å². The Morgan fingerprint density at radius 3 is 2.34 bits per heavy atom.